The fourth-order valence-electron chi connectivity index (χ4n) is 2.30. The number of fused-ring (bicyclic) bond motifs is 1. The van der Waals surface area contributed by atoms with Crippen LogP contribution in [0.1, 0.15) is 16.8 Å². The molecule has 0 saturated carbocycles. The first-order valence-corrected chi connectivity index (χ1v) is 6.58. The van der Waals surface area contributed by atoms with Gasteiger partial charge in [-0.3, -0.25) is 0 Å². The van der Waals surface area contributed by atoms with E-state index in [1.807, 2.05) is 37.6 Å². The number of nitrogens with zero attached hydrogens (tertiary/aromatic N) is 5. The average molecular weight is 267 g/mol. The molecule has 0 radical (unpaired) electrons. The molecule has 102 valence electrons. The Morgan fingerprint density at radius 2 is 2.05 bits per heavy atom. The van der Waals surface area contributed by atoms with Crippen molar-refractivity contribution in [3.8, 4) is 0 Å². The number of aromatic nitrogens is 4. The van der Waals surface area contributed by atoms with Gasteiger partial charge in [0.05, 0.1) is 24.6 Å². The SMILES string of the molecule is Cc1cnnc(N(C)Cc2cnc3ccccn23)c1C. The Bertz CT molecular complexity index is 747. The Morgan fingerprint density at radius 1 is 1.20 bits per heavy atom. The third kappa shape index (κ3) is 2.11. The van der Waals surface area contributed by atoms with Crippen molar-refractivity contribution < 1.29 is 0 Å². The molecule has 20 heavy (non-hydrogen) atoms. The number of anilines is 1. The third-order valence-corrected chi connectivity index (χ3v) is 3.59. The van der Waals surface area contributed by atoms with E-state index in [0.717, 1.165) is 34.8 Å². The summed E-state index contributed by atoms with van der Waals surface area (Å²) in [6.45, 7) is 4.87. The van der Waals surface area contributed by atoms with E-state index in [1.165, 1.54) is 0 Å². The smallest absolute Gasteiger partial charge is 0.154 e. The van der Waals surface area contributed by atoms with Gasteiger partial charge >= 0.3 is 0 Å². The van der Waals surface area contributed by atoms with Crippen LogP contribution in [0.15, 0.2) is 36.8 Å². The summed E-state index contributed by atoms with van der Waals surface area (Å²) in [5.74, 6) is 0.913. The van der Waals surface area contributed by atoms with Crippen molar-refractivity contribution in [2.75, 3.05) is 11.9 Å². The van der Waals surface area contributed by atoms with Gasteiger partial charge in [-0.25, -0.2) is 4.98 Å². The van der Waals surface area contributed by atoms with Crippen molar-refractivity contribution in [1.29, 1.82) is 0 Å². The van der Waals surface area contributed by atoms with Crippen LogP contribution >= 0.6 is 0 Å². The molecule has 0 amide bonds. The molecule has 0 unspecified atom stereocenters. The van der Waals surface area contributed by atoms with E-state index in [-0.39, 0.29) is 0 Å². The van der Waals surface area contributed by atoms with Crippen LogP contribution < -0.4 is 4.90 Å². The van der Waals surface area contributed by atoms with E-state index in [4.69, 9.17) is 0 Å². The van der Waals surface area contributed by atoms with Crippen LogP contribution in [0.3, 0.4) is 0 Å². The third-order valence-electron chi connectivity index (χ3n) is 3.59. The highest BCUT2D eigenvalue weighted by Gasteiger charge is 2.11. The summed E-state index contributed by atoms with van der Waals surface area (Å²) in [5.41, 5.74) is 4.41. The molecule has 0 aliphatic carbocycles. The Labute approximate surface area is 117 Å². The molecule has 0 N–H and O–H groups in total. The van der Waals surface area contributed by atoms with Gasteiger partial charge in [-0.15, -0.1) is 5.10 Å². The monoisotopic (exact) mass is 267 g/mol. The van der Waals surface area contributed by atoms with Crippen molar-refractivity contribution in [1.82, 2.24) is 19.6 Å². The summed E-state index contributed by atoms with van der Waals surface area (Å²) in [6.07, 6.45) is 5.73. The lowest BCUT2D eigenvalue weighted by molar-refractivity contribution is 0.824. The molecular weight excluding hydrogens is 250 g/mol. The lowest BCUT2D eigenvalue weighted by atomic mass is 10.2. The van der Waals surface area contributed by atoms with Crippen LogP contribution in [0.4, 0.5) is 5.82 Å². The number of hydrogen-bond acceptors (Lipinski definition) is 4. The lowest BCUT2D eigenvalue weighted by Gasteiger charge is -2.19. The normalized spacial score (nSPS) is 10.9. The number of hydrogen-bond donors (Lipinski definition) is 0. The van der Waals surface area contributed by atoms with Crippen LogP contribution in [-0.2, 0) is 6.54 Å². The van der Waals surface area contributed by atoms with E-state index < -0.39 is 0 Å². The first-order chi connectivity index (χ1) is 9.66. The Morgan fingerprint density at radius 3 is 2.90 bits per heavy atom. The fraction of sp³-hybridized carbons (Fsp3) is 0.267. The van der Waals surface area contributed by atoms with Crippen molar-refractivity contribution >= 4 is 11.5 Å². The standard InChI is InChI=1S/C15H17N5/c1-11-8-17-18-15(12(11)2)19(3)10-13-9-16-14-6-4-5-7-20(13)14/h4-9H,10H2,1-3H3. The minimum atomic E-state index is 0.740. The topological polar surface area (TPSA) is 46.3 Å². The molecule has 0 spiro atoms. The Kier molecular flexibility index (Phi) is 3.10. The number of rotatable bonds is 3. The number of aryl methyl sites for hydroxylation is 1. The molecule has 5 heteroatoms. The quantitative estimate of drug-likeness (QED) is 0.731. The zero-order valence-electron chi connectivity index (χ0n) is 11.9. The van der Waals surface area contributed by atoms with Crippen LogP contribution in [0.2, 0.25) is 0 Å². The van der Waals surface area contributed by atoms with Crippen LogP contribution in [0, 0.1) is 13.8 Å². The van der Waals surface area contributed by atoms with E-state index >= 15 is 0 Å². The molecule has 0 aliphatic rings. The minimum Gasteiger partial charge on any atom is -0.352 e. The zero-order chi connectivity index (χ0) is 14.1. The van der Waals surface area contributed by atoms with Gasteiger partial charge < -0.3 is 9.30 Å². The molecular formula is C15H17N5. The maximum atomic E-state index is 4.41. The van der Waals surface area contributed by atoms with Crippen molar-refractivity contribution in [3.63, 3.8) is 0 Å². The van der Waals surface area contributed by atoms with Gasteiger partial charge in [-0.1, -0.05) is 6.07 Å². The first kappa shape index (κ1) is 12.6. The fourth-order valence-corrected chi connectivity index (χ4v) is 2.30. The van der Waals surface area contributed by atoms with Gasteiger partial charge in [0.2, 0.25) is 0 Å². The van der Waals surface area contributed by atoms with Gasteiger partial charge in [-0.05, 0) is 37.1 Å². The van der Waals surface area contributed by atoms with Crippen LogP contribution in [0.5, 0.6) is 0 Å². The summed E-state index contributed by atoms with van der Waals surface area (Å²) in [7, 11) is 2.03. The molecule has 3 heterocycles. The molecule has 3 aromatic heterocycles. The summed E-state index contributed by atoms with van der Waals surface area (Å²) in [6, 6.07) is 6.00. The van der Waals surface area contributed by atoms with E-state index in [2.05, 4.69) is 38.3 Å². The zero-order valence-corrected chi connectivity index (χ0v) is 11.9. The largest absolute Gasteiger partial charge is 0.352 e. The van der Waals surface area contributed by atoms with Crippen LogP contribution in [-0.4, -0.2) is 26.6 Å². The first-order valence-electron chi connectivity index (χ1n) is 6.58. The van der Waals surface area contributed by atoms with Gasteiger partial charge in [0.15, 0.2) is 5.82 Å². The van der Waals surface area contributed by atoms with E-state index in [0.29, 0.717) is 0 Å². The van der Waals surface area contributed by atoms with Crippen molar-refractivity contribution in [2.24, 2.45) is 0 Å². The molecule has 0 atom stereocenters. The summed E-state index contributed by atoms with van der Waals surface area (Å²) < 4.78 is 2.09. The number of imidazole rings is 1. The maximum Gasteiger partial charge on any atom is 0.154 e. The second kappa shape index (κ2) is 4.92. The Balaban J connectivity index is 1.92. The molecule has 3 rings (SSSR count). The van der Waals surface area contributed by atoms with Crippen molar-refractivity contribution in [2.45, 2.75) is 20.4 Å². The Hall–Kier alpha value is -2.43. The lowest BCUT2D eigenvalue weighted by Crippen LogP contribution is -2.20. The van der Waals surface area contributed by atoms with E-state index in [1.54, 1.807) is 6.20 Å². The summed E-state index contributed by atoms with van der Waals surface area (Å²) in [4.78, 5) is 6.51. The molecule has 0 aliphatic heterocycles. The molecule has 0 saturated heterocycles. The average Bonchev–Trinajstić information content (AvgIpc) is 2.85. The highest BCUT2D eigenvalue weighted by Crippen LogP contribution is 2.19. The van der Waals surface area contributed by atoms with Gasteiger partial charge in [0, 0.05) is 13.2 Å². The molecule has 0 fully saturated rings. The summed E-state index contributed by atoms with van der Waals surface area (Å²) >= 11 is 0. The molecule has 0 aromatic carbocycles. The predicted molar refractivity (Wildman–Crippen MR) is 78.8 cm³/mol. The highest BCUT2D eigenvalue weighted by molar-refractivity contribution is 5.48. The van der Waals surface area contributed by atoms with Crippen LogP contribution in [0.25, 0.3) is 5.65 Å². The number of pyridine rings is 1. The van der Waals surface area contributed by atoms with E-state index in [9.17, 15) is 0 Å². The maximum absolute atomic E-state index is 4.41. The highest BCUT2D eigenvalue weighted by atomic mass is 15.3. The van der Waals surface area contributed by atoms with Crippen molar-refractivity contribution in [3.05, 3.63) is 53.6 Å². The van der Waals surface area contributed by atoms with Gasteiger partial charge in [-0.2, -0.15) is 5.10 Å². The van der Waals surface area contributed by atoms with Gasteiger partial charge in [0.1, 0.15) is 5.65 Å². The second-order valence-corrected chi connectivity index (χ2v) is 5.01. The second-order valence-electron chi connectivity index (χ2n) is 5.01. The molecule has 5 nitrogen and oxygen atoms in total. The van der Waals surface area contributed by atoms with Gasteiger partial charge in [0.25, 0.3) is 0 Å². The minimum absolute atomic E-state index is 0.740. The summed E-state index contributed by atoms with van der Waals surface area (Å²) in [5, 5.41) is 8.29. The predicted octanol–water partition coefficient (Wildman–Crippen LogP) is 2.38. The molecule has 3 aromatic rings. The molecule has 0 bridgehead atoms.